The highest BCUT2D eigenvalue weighted by Gasteiger charge is 2.49. The Morgan fingerprint density at radius 2 is 2.31 bits per heavy atom. The van der Waals surface area contributed by atoms with E-state index in [1.54, 1.807) is 12.3 Å². The van der Waals surface area contributed by atoms with Gasteiger partial charge in [-0.05, 0) is 20.3 Å². The van der Waals surface area contributed by atoms with Crippen molar-refractivity contribution in [2.24, 2.45) is 16.6 Å². The monoisotopic (exact) mass is 442 g/mol. The molecule has 1 fully saturated rings. The number of carbonyl (C=O) groups excluding carboxylic acids is 1. The molecule has 4 rings (SSSR count). The largest absolute Gasteiger partial charge is 0.379 e. The van der Waals surface area contributed by atoms with Gasteiger partial charge in [-0.15, -0.1) is 11.3 Å². The number of carbonyl (C=O) groups is 1. The van der Waals surface area contributed by atoms with Gasteiger partial charge in [-0.3, -0.25) is 4.79 Å². The smallest absolute Gasteiger partial charge is 0.333 e. The Morgan fingerprint density at radius 1 is 1.52 bits per heavy atom. The normalized spacial score (nSPS) is 26.9. The number of thioether (sulfide) groups is 1. The minimum atomic E-state index is -2.81. The van der Waals surface area contributed by atoms with Gasteiger partial charge >= 0.3 is 6.55 Å². The molecule has 0 bridgehead atoms. The molecule has 0 aromatic carbocycles. The fourth-order valence-corrected chi connectivity index (χ4v) is 5.56. The fraction of sp³-hybridized carbons (Fsp3) is 0.529. The van der Waals surface area contributed by atoms with E-state index in [-0.39, 0.29) is 17.7 Å². The van der Waals surface area contributed by atoms with E-state index in [2.05, 4.69) is 15.4 Å². The number of amidine groups is 1. The van der Waals surface area contributed by atoms with Crippen LogP contribution in [-0.4, -0.2) is 44.3 Å². The van der Waals surface area contributed by atoms with Crippen molar-refractivity contribution < 1.29 is 18.3 Å². The molecular formula is C17H20F2N6O2S2. The van der Waals surface area contributed by atoms with Gasteiger partial charge in [0.25, 0.3) is 5.91 Å². The Kier molecular flexibility index (Phi) is 5.34. The molecule has 0 radical (unpaired) electrons. The molecule has 1 amide bonds. The maximum absolute atomic E-state index is 12.8. The molecule has 0 spiro atoms. The predicted molar refractivity (Wildman–Crippen MR) is 108 cm³/mol. The number of anilines is 1. The van der Waals surface area contributed by atoms with Crippen LogP contribution in [0.25, 0.3) is 0 Å². The number of aliphatic imine (C=N–C) groups is 1. The lowest BCUT2D eigenvalue weighted by atomic mass is 9.80. The Labute approximate surface area is 173 Å². The first kappa shape index (κ1) is 20.2. The first-order chi connectivity index (χ1) is 13.8. The van der Waals surface area contributed by atoms with Crippen LogP contribution in [0.4, 0.5) is 14.6 Å². The Balaban J connectivity index is 1.58. The zero-order valence-corrected chi connectivity index (χ0v) is 17.4. The standard InChI is InChI=1S/C17H20F2N6O2S2/c1-8-4-25(15(18)19)24-12(8)13(26)21-11-6-28-14(22-11)17-7-27-9(2)3-10(17)5-29-16(20)23-17/h4,6,9-10,15H,3,5,7H2,1-2H3,(H2,20,23)(H,21,26). The van der Waals surface area contributed by atoms with E-state index in [1.807, 2.05) is 6.92 Å². The number of rotatable bonds is 4. The van der Waals surface area contributed by atoms with Crippen molar-refractivity contribution in [2.75, 3.05) is 17.7 Å². The van der Waals surface area contributed by atoms with Gasteiger partial charge in [0.1, 0.15) is 16.4 Å². The summed E-state index contributed by atoms with van der Waals surface area (Å²) in [6.45, 7) is 1.15. The number of amides is 1. The number of hydrogen-bond donors (Lipinski definition) is 2. The van der Waals surface area contributed by atoms with Crippen LogP contribution in [0.15, 0.2) is 16.6 Å². The summed E-state index contributed by atoms with van der Waals surface area (Å²) >= 11 is 2.89. The number of hydrogen-bond acceptors (Lipinski definition) is 8. The summed E-state index contributed by atoms with van der Waals surface area (Å²) in [5.74, 6) is 0.777. The van der Waals surface area contributed by atoms with Crippen molar-refractivity contribution in [2.45, 2.75) is 38.5 Å². The average molecular weight is 443 g/mol. The highest BCUT2D eigenvalue weighted by Crippen LogP contribution is 2.47. The van der Waals surface area contributed by atoms with Crippen molar-refractivity contribution in [3.05, 3.63) is 27.8 Å². The van der Waals surface area contributed by atoms with E-state index in [0.29, 0.717) is 32.8 Å². The average Bonchev–Trinajstić information content (AvgIpc) is 3.29. The molecule has 1 saturated heterocycles. The van der Waals surface area contributed by atoms with Crippen LogP contribution in [0.3, 0.4) is 0 Å². The van der Waals surface area contributed by atoms with Crippen molar-refractivity contribution in [3.63, 3.8) is 0 Å². The number of nitrogens with one attached hydrogen (secondary N) is 1. The van der Waals surface area contributed by atoms with Gasteiger partial charge in [0, 0.05) is 28.8 Å². The first-order valence-electron chi connectivity index (χ1n) is 8.99. The highest BCUT2D eigenvalue weighted by molar-refractivity contribution is 8.13. The fourth-order valence-electron chi connectivity index (χ4n) is 3.59. The molecule has 0 aliphatic carbocycles. The van der Waals surface area contributed by atoms with Gasteiger partial charge in [0.05, 0.1) is 12.7 Å². The molecular weight excluding hydrogens is 422 g/mol. The Hall–Kier alpha value is -2.05. The Bertz CT molecular complexity index is 962. The summed E-state index contributed by atoms with van der Waals surface area (Å²) in [5, 5.41) is 9.19. The van der Waals surface area contributed by atoms with Crippen LogP contribution >= 0.6 is 23.1 Å². The third-order valence-corrected chi connectivity index (χ3v) is 7.03. The van der Waals surface area contributed by atoms with Gasteiger partial charge in [0.15, 0.2) is 10.9 Å². The van der Waals surface area contributed by atoms with Crippen LogP contribution in [0.1, 0.15) is 41.0 Å². The maximum Gasteiger partial charge on any atom is 0.333 e. The van der Waals surface area contributed by atoms with E-state index in [0.717, 1.165) is 18.4 Å². The van der Waals surface area contributed by atoms with Gasteiger partial charge in [0.2, 0.25) is 0 Å². The summed E-state index contributed by atoms with van der Waals surface area (Å²) in [7, 11) is 0. The topological polar surface area (TPSA) is 107 Å². The lowest BCUT2D eigenvalue weighted by Crippen LogP contribution is -2.49. The molecule has 2 aromatic heterocycles. The molecule has 2 aromatic rings. The third kappa shape index (κ3) is 3.76. The van der Waals surface area contributed by atoms with Gasteiger partial charge in [-0.2, -0.15) is 13.9 Å². The minimum absolute atomic E-state index is 0.0676. The summed E-state index contributed by atoms with van der Waals surface area (Å²) in [6, 6.07) is 0. The van der Waals surface area contributed by atoms with Gasteiger partial charge < -0.3 is 15.8 Å². The maximum atomic E-state index is 12.8. The van der Waals surface area contributed by atoms with E-state index in [1.165, 1.54) is 23.1 Å². The summed E-state index contributed by atoms with van der Waals surface area (Å²) in [6.07, 6.45) is 2.11. The summed E-state index contributed by atoms with van der Waals surface area (Å²) in [4.78, 5) is 21.7. The van der Waals surface area contributed by atoms with E-state index in [4.69, 9.17) is 15.5 Å². The number of alkyl halides is 2. The number of halogens is 2. The second-order valence-electron chi connectivity index (χ2n) is 7.15. The van der Waals surface area contributed by atoms with Gasteiger partial charge in [-0.1, -0.05) is 11.8 Å². The van der Waals surface area contributed by atoms with E-state index < -0.39 is 18.0 Å². The van der Waals surface area contributed by atoms with Crippen LogP contribution < -0.4 is 11.1 Å². The van der Waals surface area contributed by atoms with Crippen molar-refractivity contribution >= 4 is 40.0 Å². The second-order valence-corrected chi connectivity index (χ2v) is 9.05. The quantitative estimate of drug-likeness (QED) is 0.754. The predicted octanol–water partition coefficient (Wildman–Crippen LogP) is 2.98. The summed E-state index contributed by atoms with van der Waals surface area (Å²) < 4.78 is 31.9. The van der Waals surface area contributed by atoms with Crippen molar-refractivity contribution in [1.29, 1.82) is 0 Å². The third-order valence-electron chi connectivity index (χ3n) is 5.07. The molecule has 8 nitrogen and oxygen atoms in total. The lowest BCUT2D eigenvalue weighted by molar-refractivity contribution is -0.0466. The number of aryl methyl sites for hydroxylation is 1. The SMILES string of the molecule is Cc1cn(C(F)F)nc1C(=O)Nc1csc(C23COC(C)CC2CSC(N)=N3)n1. The van der Waals surface area contributed by atoms with Crippen LogP contribution in [-0.2, 0) is 10.3 Å². The summed E-state index contributed by atoms with van der Waals surface area (Å²) in [5.41, 5.74) is 5.62. The lowest BCUT2D eigenvalue weighted by Gasteiger charge is -2.44. The van der Waals surface area contributed by atoms with Crippen LogP contribution in [0.5, 0.6) is 0 Å². The molecule has 29 heavy (non-hydrogen) atoms. The highest BCUT2D eigenvalue weighted by atomic mass is 32.2. The molecule has 2 aliphatic rings. The molecule has 3 unspecified atom stereocenters. The molecule has 3 N–H and O–H groups in total. The van der Waals surface area contributed by atoms with E-state index in [9.17, 15) is 13.6 Å². The zero-order valence-electron chi connectivity index (χ0n) is 15.8. The number of thiazole rings is 1. The van der Waals surface area contributed by atoms with Crippen molar-refractivity contribution in [1.82, 2.24) is 14.8 Å². The number of nitrogens with zero attached hydrogens (tertiary/aromatic N) is 4. The number of aromatic nitrogens is 3. The minimum Gasteiger partial charge on any atom is -0.379 e. The Morgan fingerprint density at radius 3 is 3.03 bits per heavy atom. The molecule has 0 saturated carbocycles. The number of ether oxygens (including phenoxy) is 1. The van der Waals surface area contributed by atoms with Crippen LogP contribution in [0, 0.1) is 12.8 Å². The molecule has 4 heterocycles. The zero-order chi connectivity index (χ0) is 20.8. The molecule has 156 valence electrons. The van der Waals surface area contributed by atoms with Crippen LogP contribution in [0.2, 0.25) is 0 Å². The molecule has 12 heteroatoms. The number of nitrogens with two attached hydrogens (primary N) is 1. The van der Waals surface area contributed by atoms with E-state index >= 15 is 0 Å². The molecule has 2 aliphatic heterocycles. The van der Waals surface area contributed by atoms with Crippen molar-refractivity contribution in [3.8, 4) is 0 Å². The first-order valence-corrected chi connectivity index (χ1v) is 10.9. The number of fused-ring (bicyclic) bond motifs is 1. The molecule has 3 atom stereocenters. The second kappa shape index (κ2) is 7.65. The van der Waals surface area contributed by atoms with Gasteiger partial charge in [-0.25, -0.2) is 14.7 Å².